The SMILES string of the molecule is N[C@H](CCO)c1ccc(Br)c(F)c1. The number of hydrogen-bond acceptors (Lipinski definition) is 2. The summed E-state index contributed by atoms with van der Waals surface area (Å²) in [6.07, 6.45) is 0.446. The molecule has 3 N–H and O–H groups in total. The molecule has 0 unspecified atom stereocenters. The predicted octanol–water partition coefficient (Wildman–Crippen LogP) is 1.97. The van der Waals surface area contributed by atoms with Crippen LogP contribution in [-0.4, -0.2) is 11.7 Å². The monoisotopic (exact) mass is 247 g/mol. The molecule has 0 fully saturated rings. The lowest BCUT2D eigenvalue weighted by Crippen LogP contribution is -2.12. The van der Waals surface area contributed by atoms with E-state index in [1.807, 2.05) is 0 Å². The van der Waals surface area contributed by atoms with Gasteiger partial charge in [-0.05, 0) is 40.0 Å². The molecule has 0 aliphatic rings. The van der Waals surface area contributed by atoms with E-state index >= 15 is 0 Å². The minimum absolute atomic E-state index is 0.0127. The van der Waals surface area contributed by atoms with Gasteiger partial charge in [-0.3, -0.25) is 0 Å². The second-order valence-electron chi connectivity index (χ2n) is 2.79. The first-order chi connectivity index (χ1) is 6.15. The van der Waals surface area contributed by atoms with Gasteiger partial charge in [0.05, 0.1) is 4.47 Å². The summed E-state index contributed by atoms with van der Waals surface area (Å²) in [5, 5.41) is 8.64. The molecule has 0 bridgehead atoms. The molecule has 0 aromatic heterocycles. The van der Waals surface area contributed by atoms with Crippen LogP contribution in [-0.2, 0) is 0 Å². The summed E-state index contributed by atoms with van der Waals surface area (Å²) in [5.41, 5.74) is 6.39. The molecule has 0 aliphatic heterocycles. The molecule has 0 saturated carbocycles. The molecule has 1 atom stereocenters. The molecule has 0 amide bonds. The highest BCUT2D eigenvalue weighted by Crippen LogP contribution is 2.20. The van der Waals surface area contributed by atoms with Crippen LogP contribution in [0.3, 0.4) is 0 Å². The predicted molar refractivity (Wildman–Crippen MR) is 52.7 cm³/mol. The van der Waals surface area contributed by atoms with Gasteiger partial charge in [0.2, 0.25) is 0 Å². The van der Waals surface area contributed by atoms with Gasteiger partial charge in [-0.1, -0.05) is 6.07 Å². The minimum atomic E-state index is -0.328. The number of benzene rings is 1. The average Bonchev–Trinajstić information content (AvgIpc) is 2.10. The van der Waals surface area contributed by atoms with Gasteiger partial charge in [0.25, 0.3) is 0 Å². The molecule has 1 aromatic rings. The van der Waals surface area contributed by atoms with E-state index in [2.05, 4.69) is 15.9 Å². The highest BCUT2D eigenvalue weighted by Gasteiger charge is 2.07. The third-order valence-corrected chi connectivity index (χ3v) is 2.46. The van der Waals surface area contributed by atoms with Crippen LogP contribution in [0.2, 0.25) is 0 Å². The normalized spacial score (nSPS) is 12.9. The van der Waals surface area contributed by atoms with Gasteiger partial charge >= 0.3 is 0 Å². The Hall–Kier alpha value is -0.450. The van der Waals surface area contributed by atoms with Crippen LogP contribution in [0.1, 0.15) is 18.0 Å². The fourth-order valence-corrected chi connectivity index (χ4v) is 1.30. The third-order valence-electron chi connectivity index (χ3n) is 1.81. The smallest absolute Gasteiger partial charge is 0.137 e. The van der Waals surface area contributed by atoms with Crippen molar-refractivity contribution in [2.24, 2.45) is 5.73 Å². The summed E-state index contributed by atoms with van der Waals surface area (Å²) >= 11 is 3.05. The molecule has 13 heavy (non-hydrogen) atoms. The van der Waals surface area contributed by atoms with Gasteiger partial charge in [-0.25, -0.2) is 4.39 Å². The van der Waals surface area contributed by atoms with Crippen molar-refractivity contribution in [3.63, 3.8) is 0 Å². The Morgan fingerprint density at radius 2 is 2.23 bits per heavy atom. The zero-order valence-corrected chi connectivity index (χ0v) is 8.59. The molecule has 0 radical (unpaired) electrons. The minimum Gasteiger partial charge on any atom is -0.396 e. The molecular weight excluding hydrogens is 237 g/mol. The molecule has 0 saturated heterocycles. The number of hydrogen-bond donors (Lipinski definition) is 2. The van der Waals surface area contributed by atoms with Crippen molar-refractivity contribution in [2.75, 3.05) is 6.61 Å². The summed E-state index contributed by atoms with van der Waals surface area (Å²) < 4.78 is 13.4. The first kappa shape index (κ1) is 10.6. The largest absolute Gasteiger partial charge is 0.396 e. The lowest BCUT2D eigenvalue weighted by molar-refractivity contribution is 0.276. The van der Waals surface area contributed by atoms with Gasteiger partial charge in [-0.15, -0.1) is 0 Å². The van der Waals surface area contributed by atoms with Gasteiger partial charge in [0.1, 0.15) is 5.82 Å². The Bertz CT molecular complexity index is 293. The van der Waals surface area contributed by atoms with Gasteiger partial charge in [0.15, 0.2) is 0 Å². The number of aliphatic hydroxyl groups excluding tert-OH is 1. The van der Waals surface area contributed by atoms with Crippen molar-refractivity contribution in [3.05, 3.63) is 34.1 Å². The van der Waals surface area contributed by atoms with E-state index in [0.717, 1.165) is 0 Å². The molecule has 0 heterocycles. The molecule has 4 heteroatoms. The van der Waals surface area contributed by atoms with Gasteiger partial charge in [0, 0.05) is 12.6 Å². The van der Waals surface area contributed by atoms with Crippen LogP contribution in [0.5, 0.6) is 0 Å². The maximum Gasteiger partial charge on any atom is 0.137 e. The van der Waals surface area contributed by atoms with Gasteiger partial charge in [-0.2, -0.15) is 0 Å². The van der Waals surface area contributed by atoms with Crippen molar-refractivity contribution in [1.29, 1.82) is 0 Å². The number of nitrogens with two attached hydrogens (primary N) is 1. The highest BCUT2D eigenvalue weighted by atomic mass is 79.9. The zero-order chi connectivity index (χ0) is 9.84. The van der Waals surface area contributed by atoms with E-state index in [-0.39, 0.29) is 18.5 Å². The zero-order valence-electron chi connectivity index (χ0n) is 7.00. The standard InChI is InChI=1S/C9H11BrFNO/c10-7-2-1-6(5-8(7)11)9(12)3-4-13/h1-2,5,9,13H,3-4,12H2/t9-/m1/s1. The summed E-state index contributed by atoms with van der Waals surface area (Å²) in [5.74, 6) is -0.328. The van der Waals surface area contributed by atoms with Crippen LogP contribution in [0.15, 0.2) is 22.7 Å². The van der Waals surface area contributed by atoms with Crippen LogP contribution in [0.25, 0.3) is 0 Å². The number of aliphatic hydroxyl groups is 1. The Morgan fingerprint density at radius 3 is 2.77 bits per heavy atom. The third kappa shape index (κ3) is 2.76. The van der Waals surface area contributed by atoms with Crippen LogP contribution in [0, 0.1) is 5.82 Å². The Balaban J connectivity index is 2.84. The Morgan fingerprint density at radius 1 is 1.54 bits per heavy atom. The molecule has 1 aromatic carbocycles. The Kier molecular flexibility index (Phi) is 3.84. The van der Waals surface area contributed by atoms with Crippen molar-refractivity contribution in [1.82, 2.24) is 0 Å². The van der Waals surface area contributed by atoms with E-state index in [1.165, 1.54) is 6.07 Å². The molecule has 1 rings (SSSR count). The second-order valence-corrected chi connectivity index (χ2v) is 3.65. The summed E-state index contributed by atoms with van der Waals surface area (Å²) in [7, 11) is 0. The van der Waals surface area contributed by atoms with Crippen LogP contribution < -0.4 is 5.73 Å². The first-order valence-corrected chi connectivity index (χ1v) is 4.76. The second kappa shape index (κ2) is 4.69. The summed E-state index contributed by atoms with van der Waals surface area (Å²) in [4.78, 5) is 0. The van der Waals surface area contributed by atoms with Gasteiger partial charge < -0.3 is 10.8 Å². The van der Waals surface area contributed by atoms with E-state index in [4.69, 9.17) is 10.8 Å². The van der Waals surface area contributed by atoms with Crippen molar-refractivity contribution in [2.45, 2.75) is 12.5 Å². The number of rotatable bonds is 3. The first-order valence-electron chi connectivity index (χ1n) is 3.96. The lowest BCUT2D eigenvalue weighted by atomic mass is 10.1. The molecular formula is C9H11BrFNO. The molecule has 72 valence electrons. The van der Waals surface area contributed by atoms with Crippen molar-refractivity contribution < 1.29 is 9.50 Å². The van der Waals surface area contributed by atoms with E-state index in [9.17, 15) is 4.39 Å². The topological polar surface area (TPSA) is 46.2 Å². The maximum absolute atomic E-state index is 13.0. The van der Waals surface area contributed by atoms with Crippen LogP contribution >= 0.6 is 15.9 Å². The summed E-state index contributed by atoms with van der Waals surface area (Å²) in [6, 6.07) is 4.44. The fraction of sp³-hybridized carbons (Fsp3) is 0.333. The Labute approximate surface area is 84.7 Å². The highest BCUT2D eigenvalue weighted by molar-refractivity contribution is 9.10. The number of halogens is 2. The quantitative estimate of drug-likeness (QED) is 0.858. The molecule has 2 nitrogen and oxygen atoms in total. The molecule has 0 spiro atoms. The maximum atomic E-state index is 13.0. The average molecular weight is 248 g/mol. The van der Waals surface area contributed by atoms with Crippen molar-refractivity contribution >= 4 is 15.9 Å². The van der Waals surface area contributed by atoms with E-state index in [0.29, 0.717) is 16.5 Å². The molecule has 0 aliphatic carbocycles. The van der Waals surface area contributed by atoms with Crippen molar-refractivity contribution in [3.8, 4) is 0 Å². The van der Waals surface area contributed by atoms with E-state index < -0.39 is 0 Å². The lowest BCUT2D eigenvalue weighted by Gasteiger charge is -2.10. The van der Waals surface area contributed by atoms with E-state index in [1.54, 1.807) is 12.1 Å². The fourth-order valence-electron chi connectivity index (χ4n) is 1.05. The summed E-state index contributed by atoms with van der Waals surface area (Å²) in [6.45, 7) is 0.0127. The van der Waals surface area contributed by atoms with Crippen LogP contribution in [0.4, 0.5) is 4.39 Å².